The summed E-state index contributed by atoms with van der Waals surface area (Å²) in [5.41, 5.74) is 2.90. The highest BCUT2D eigenvalue weighted by atomic mass is 16.5. The van der Waals surface area contributed by atoms with E-state index in [9.17, 15) is 15.0 Å². The molecule has 0 aromatic carbocycles. The first-order chi connectivity index (χ1) is 15.4. The molecule has 9 atom stereocenters. The van der Waals surface area contributed by atoms with Crippen LogP contribution in [0.4, 0.5) is 0 Å². The second-order valence-corrected chi connectivity index (χ2v) is 13.3. The number of ether oxygens (including phenoxy) is 1. The van der Waals surface area contributed by atoms with Gasteiger partial charge in [0.25, 0.3) is 0 Å². The molecule has 0 amide bonds. The Morgan fingerprint density at radius 3 is 2.42 bits per heavy atom. The zero-order valence-electron chi connectivity index (χ0n) is 21.8. The molecule has 1 heterocycles. The lowest BCUT2D eigenvalue weighted by atomic mass is 9.42. The van der Waals surface area contributed by atoms with Gasteiger partial charge in [-0.25, -0.2) is 0 Å². The number of ketones is 1. The molecule has 186 valence electrons. The van der Waals surface area contributed by atoms with Crippen LogP contribution in [-0.4, -0.2) is 40.4 Å². The van der Waals surface area contributed by atoms with E-state index in [1.165, 1.54) is 0 Å². The lowest BCUT2D eigenvalue weighted by molar-refractivity contribution is -0.164. The fraction of sp³-hybridized carbons (Fsp3) is 0.897. The molecule has 33 heavy (non-hydrogen) atoms. The fourth-order valence-corrected chi connectivity index (χ4v) is 10.1. The van der Waals surface area contributed by atoms with E-state index < -0.39 is 11.5 Å². The molecule has 2 N–H and O–H groups in total. The summed E-state index contributed by atoms with van der Waals surface area (Å²) < 4.78 is 6.85. The molecule has 3 fully saturated rings. The number of rotatable bonds is 3. The number of hydrogen-bond acceptors (Lipinski definition) is 4. The van der Waals surface area contributed by atoms with Gasteiger partial charge < -0.3 is 14.9 Å². The van der Waals surface area contributed by atoms with Crippen LogP contribution in [-0.2, 0) is 9.53 Å². The lowest BCUT2D eigenvalue weighted by Gasteiger charge is -2.63. The molecule has 5 aliphatic rings. The van der Waals surface area contributed by atoms with Crippen molar-refractivity contribution in [1.82, 2.24) is 0 Å². The van der Waals surface area contributed by atoms with E-state index in [4.69, 9.17) is 4.74 Å². The minimum Gasteiger partial charge on any atom is -0.396 e. The summed E-state index contributed by atoms with van der Waals surface area (Å²) in [5.74, 6) is 0.999. The highest BCUT2D eigenvalue weighted by molar-refractivity contribution is 5.83. The van der Waals surface area contributed by atoms with Crippen LogP contribution in [0.2, 0.25) is 0 Å². The summed E-state index contributed by atoms with van der Waals surface area (Å²) in [5, 5.41) is 21.2. The number of Topliss-reactive ketones (excluding diaryl/α,β-unsaturated/α-hetero) is 1. The van der Waals surface area contributed by atoms with Gasteiger partial charge in [0.15, 0.2) is 5.78 Å². The SMILES string of the molecule is CCC(=O)[C@@H]1C[C@@H](C)[C@]2(CC[C@@]3(C)C4=C(CC[C@]32C)[C@@]2(C)CC[C@H](O)[C@](C)(CO)[C@@H]2CC4)O1. The van der Waals surface area contributed by atoms with Crippen LogP contribution in [0.15, 0.2) is 11.1 Å². The predicted molar refractivity (Wildman–Crippen MR) is 130 cm³/mol. The van der Waals surface area contributed by atoms with Crippen LogP contribution >= 0.6 is 0 Å². The maximum atomic E-state index is 12.6. The number of allylic oxidation sites excluding steroid dienone is 2. The number of aliphatic hydroxyl groups excluding tert-OH is 2. The van der Waals surface area contributed by atoms with Crippen LogP contribution in [0.3, 0.4) is 0 Å². The van der Waals surface area contributed by atoms with E-state index in [0.29, 0.717) is 18.3 Å². The van der Waals surface area contributed by atoms with Crippen molar-refractivity contribution in [2.75, 3.05) is 6.61 Å². The first-order valence-electron chi connectivity index (χ1n) is 13.7. The van der Waals surface area contributed by atoms with E-state index in [2.05, 4.69) is 34.6 Å². The summed E-state index contributed by atoms with van der Waals surface area (Å²) in [7, 11) is 0. The maximum absolute atomic E-state index is 12.6. The molecule has 0 aromatic rings. The number of carbonyl (C=O) groups excluding carboxylic acids is 1. The van der Waals surface area contributed by atoms with Crippen molar-refractivity contribution in [1.29, 1.82) is 0 Å². The van der Waals surface area contributed by atoms with Gasteiger partial charge in [-0.05, 0) is 80.5 Å². The minimum atomic E-state index is -0.416. The Morgan fingerprint density at radius 2 is 1.76 bits per heavy atom. The van der Waals surface area contributed by atoms with Gasteiger partial charge in [-0.3, -0.25) is 4.79 Å². The van der Waals surface area contributed by atoms with E-state index in [1.54, 1.807) is 11.1 Å². The van der Waals surface area contributed by atoms with E-state index in [1.807, 2.05) is 6.92 Å². The number of aliphatic hydroxyl groups is 2. The zero-order valence-corrected chi connectivity index (χ0v) is 21.8. The average Bonchev–Trinajstić information content (AvgIpc) is 3.26. The molecule has 0 aromatic heterocycles. The Morgan fingerprint density at radius 1 is 1.03 bits per heavy atom. The van der Waals surface area contributed by atoms with Crippen molar-refractivity contribution in [3.63, 3.8) is 0 Å². The molecule has 5 rings (SSSR count). The summed E-state index contributed by atoms with van der Waals surface area (Å²) >= 11 is 0. The van der Waals surface area contributed by atoms with Crippen molar-refractivity contribution < 1.29 is 19.7 Å². The van der Waals surface area contributed by atoms with Gasteiger partial charge in [-0.2, -0.15) is 0 Å². The highest BCUT2D eigenvalue weighted by Gasteiger charge is 2.71. The Hall–Kier alpha value is -0.710. The Labute approximate surface area is 200 Å². The second-order valence-electron chi connectivity index (χ2n) is 13.3. The number of hydrogen-bond donors (Lipinski definition) is 2. The third-order valence-corrected chi connectivity index (χ3v) is 12.5. The Balaban J connectivity index is 1.56. The van der Waals surface area contributed by atoms with Gasteiger partial charge in [-0.15, -0.1) is 0 Å². The molecule has 4 heteroatoms. The van der Waals surface area contributed by atoms with Crippen LogP contribution < -0.4 is 0 Å². The van der Waals surface area contributed by atoms with Crippen molar-refractivity contribution >= 4 is 5.78 Å². The smallest absolute Gasteiger partial charge is 0.161 e. The highest BCUT2D eigenvalue weighted by Crippen LogP contribution is 2.75. The summed E-state index contributed by atoms with van der Waals surface area (Å²) in [6, 6.07) is 0. The Kier molecular flexibility index (Phi) is 5.38. The van der Waals surface area contributed by atoms with E-state index in [0.717, 1.165) is 57.8 Å². The van der Waals surface area contributed by atoms with Crippen molar-refractivity contribution in [2.45, 2.75) is 124 Å². The summed E-state index contributed by atoms with van der Waals surface area (Å²) in [6.45, 7) is 13.9. The van der Waals surface area contributed by atoms with Gasteiger partial charge in [0.2, 0.25) is 0 Å². The first-order valence-corrected chi connectivity index (χ1v) is 13.7. The topological polar surface area (TPSA) is 66.8 Å². The lowest BCUT2D eigenvalue weighted by Crippen LogP contribution is -2.59. The summed E-state index contributed by atoms with van der Waals surface area (Å²) in [6.07, 6.45) is 9.12. The zero-order chi connectivity index (χ0) is 24.0. The van der Waals surface area contributed by atoms with Gasteiger partial charge in [-0.1, -0.05) is 52.7 Å². The fourth-order valence-electron chi connectivity index (χ4n) is 10.1. The number of carbonyl (C=O) groups is 1. The van der Waals surface area contributed by atoms with Crippen molar-refractivity contribution in [3.8, 4) is 0 Å². The molecule has 4 nitrogen and oxygen atoms in total. The molecular weight excluding hydrogens is 412 g/mol. The molecule has 0 radical (unpaired) electrons. The van der Waals surface area contributed by atoms with Crippen molar-refractivity contribution in [2.24, 2.45) is 33.5 Å². The van der Waals surface area contributed by atoms with E-state index >= 15 is 0 Å². The molecule has 1 saturated heterocycles. The van der Waals surface area contributed by atoms with Gasteiger partial charge in [0.05, 0.1) is 18.3 Å². The number of fused-ring (bicyclic) bond motifs is 5. The molecule has 0 unspecified atom stereocenters. The van der Waals surface area contributed by atoms with Crippen LogP contribution in [0.25, 0.3) is 0 Å². The molecule has 4 aliphatic carbocycles. The first kappa shape index (κ1) is 24.0. The normalized spacial score (nSPS) is 53.7. The minimum absolute atomic E-state index is 0.0404. The monoisotopic (exact) mass is 458 g/mol. The quantitative estimate of drug-likeness (QED) is 0.541. The van der Waals surface area contributed by atoms with Gasteiger partial charge in [0, 0.05) is 17.3 Å². The van der Waals surface area contributed by atoms with Gasteiger partial charge in [0.1, 0.15) is 6.10 Å². The average molecular weight is 459 g/mol. The third kappa shape index (κ3) is 2.72. The van der Waals surface area contributed by atoms with Crippen LogP contribution in [0.5, 0.6) is 0 Å². The van der Waals surface area contributed by atoms with E-state index in [-0.39, 0.29) is 40.3 Å². The summed E-state index contributed by atoms with van der Waals surface area (Å²) in [4.78, 5) is 12.6. The van der Waals surface area contributed by atoms with Gasteiger partial charge >= 0.3 is 0 Å². The molecule has 1 aliphatic heterocycles. The molecular formula is C29H46O4. The Bertz CT molecular complexity index is 879. The third-order valence-electron chi connectivity index (χ3n) is 12.5. The molecule has 2 saturated carbocycles. The maximum Gasteiger partial charge on any atom is 0.161 e. The van der Waals surface area contributed by atoms with Crippen LogP contribution in [0.1, 0.15) is 106 Å². The largest absolute Gasteiger partial charge is 0.396 e. The standard InChI is InChI=1S/C29H46O4/c1-7-21(31)22-16-18(2)29(33-22)15-14-27(5)20-8-9-23-25(3,19(20)10-13-28(27,29)6)12-11-24(32)26(23,4)17-30/h18,22-24,30,32H,7-17H2,1-6H3/t18-,22+,23-,24+,25-,26-,27+,28-,29+/m1/s1. The predicted octanol–water partition coefficient (Wildman–Crippen LogP) is 5.60. The second kappa shape index (κ2) is 7.40. The van der Waals surface area contributed by atoms with Crippen molar-refractivity contribution in [3.05, 3.63) is 11.1 Å². The van der Waals surface area contributed by atoms with Crippen LogP contribution in [0, 0.1) is 33.5 Å². The molecule has 1 spiro atoms. The molecule has 0 bridgehead atoms.